The largest absolute Gasteiger partial charge is 0.367 e. The van der Waals surface area contributed by atoms with Gasteiger partial charge in [0.25, 0.3) is 0 Å². The maximum atomic E-state index is 3.47. The minimum atomic E-state index is -0.588. The monoisotopic (exact) mass is 804 g/mol. The van der Waals surface area contributed by atoms with Crippen LogP contribution in [-0.4, -0.2) is 20.3 Å². The lowest BCUT2D eigenvalue weighted by atomic mass is 9.55. The first-order chi connectivity index (χ1) is 28.1. The highest BCUT2D eigenvalue weighted by atomic mass is 31.1. The van der Waals surface area contributed by atoms with Gasteiger partial charge in [-0.25, -0.2) is 0 Å². The van der Waals surface area contributed by atoms with Gasteiger partial charge in [0.1, 0.15) is 0 Å². The third kappa shape index (κ3) is 6.48. The van der Waals surface area contributed by atoms with E-state index < -0.39 is 7.92 Å². The molecule has 0 aliphatic heterocycles. The van der Waals surface area contributed by atoms with Crippen LogP contribution in [0, 0.1) is 35.5 Å². The molecule has 8 bridgehead atoms. The van der Waals surface area contributed by atoms with Crippen LogP contribution in [0.3, 0.4) is 0 Å². The predicted octanol–water partition coefficient (Wildman–Crippen LogP) is 13.5. The second-order valence-electron chi connectivity index (χ2n) is 21.7. The summed E-state index contributed by atoms with van der Waals surface area (Å²) >= 11 is 0. The maximum absolute atomic E-state index is 3.47. The first-order valence-electron chi connectivity index (χ1n) is 23.2. The SMILES string of the molecule is CC(C)(c1ccccc1)c1cc(CP(c2cc[nH]c2)c2cc[nH]c2)c(CP(C23CC4CC(CC(C4)C2)C3)C23CC4CC(CC(C4)C2)C3)cc1C(C)(C)c1ccccc1. The summed E-state index contributed by atoms with van der Waals surface area (Å²) in [5, 5.41) is 4.11. The van der Waals surface area contributed by atoms with Crippen LogP contribution >= 0.6 is 15.8 Å². The topological polar surface area (TPSA) is 31.6 Å². The standard InChI is InChI=1S/C54H66N2P2/c1-51(2,45-11-7-5-8-12-45)49-25-43(35-57(47-15-17-55-33-47)48-16-18-56-34-48)44(26-50(49)52(3,4)46-13-9-6-10-14-46)36-58(53-27-37-19-38(28-53)21-39(20-37)29-53)54-30-40-22-41(31-54)24-42(23-40)32-54/h5-18,25-26,33-34,37-42,55-56H,19-24,27-32,35-36H2,1-4H3. The third-order valence-electron chi connectivity index (χ3n) is 17.3. The molecule has 2 heterocycles. The van der Waals surface area contributed by atoms with E-state index in [0.717, 1.165) is 41.7 Å². The van der Waals surface area contributed by atoms with Gasteiger partial charge < -0.3 is 9.97 Å². The molecule has 0 atom stereocenters. The Morgan fingerprint density at radius 1 is 0.500 bits per heavy atom. The minimum absolute atomic E-state index is 0.147. The van der Waals surface area contributed by atoms with E-state index in [4.69, 9.17) is 0 Å². The lowest BCUT2D eigenvalue weighted by Crippen LogP contribution is -2.56. The molecule has 8 aliphatic carbocycles. The van der Waals surface area contributed by atoms with Crippen LogP contribution in [0.15, 0.2) is 110 Å². The lowest BCUT2D eigenvalue weighted by Gasteiger charge is -2.67. The summed E-state index contributed by atoms with van der Waals surface area (Å²) in [4.78, 5) is 6.93. The molecule has 2 N–H and O–H groups in total. The number of H-pyrrole nitrogens is 2. The van der Waals surface area contributed by atoms with Gasteiger partial charge in [-0.1, -0.05) is 108 Å². The molecule has 2 nitrogen and oxygen atoms in total. The Morgan fingerprint density at radius 3 is 1.21 bits per heavy atom. The fraction of sp³-hybridized carbons (Fsp3) is 0.519. The van der Waals surface area contributed by atoms with Gasteiger partial charge >= 0.3 is 0 Å². The second kappa shape index (κ2) is 14.3. The van der Waals surface area contributed by atoms with Crippen molar-refractivity contribution in [2.24, 2.45) is 35.5 Å². The van der Waals surface area contributed by atoms with Crippen molar-refractivity contribution in [2.75, 3.05) is 0 Å². The molecule has 8 fully saturated rings. The summed E-state index contributed by atoms with van der Waals surface area (Å²) in [6, 6.07) is 33.3. The molecule has 8 saturated carbocycles. The van der Waals surface area contributed by atoms with Crippen molar-refractivity contribution in [1.82, 2.24) is 9.97 Å². The first kappa shape index (κ1) is 38.0. The van der Waals surface area contributed by atoms with Gasteiger partial charge in [0.2, 0.25) is 0 Å². The van der Waals surface area contributed by atoms with Crippen LogP contribution in [0.1, 0.15) is 138 Å². The van der Waals surface area contributed by atoms with E-state index >= 15 is 0 Å². The Labute approximate surface area is 351 Å². The molecule has 5 aromatic rings. The van der Waals surface area contributed by atoms with E-state index in [0.29, 0.717) is 10.3 Å². The van der Waals surface area contributed by atoms with Crippen molar-refractivity contribution >= 4 is 26.5 Å². The Bertz CT molecular complexity index is 2070. The molecule has 58 heavy (non-hydrogen) atoms. The highest BCUT2D eigenvalue weighted by Gasteiger charge is 2.62. The molecule has 0 radical (unpaired) electrons. The quantitative estimate of drug-likeness (QED) is 0.118. The third-order valence-corrected chi connectivity index (χ3v) is 23.8. The van der Waals surface area contributed by atoms with Crippen molar-refractivity contribution in [3.8, 4) is 0 Å². The number of nitrogens with one attached hydrogen (secondary N) is 2. The van der Waals surface area contributed by atoms with Crippen LogP contribution in [0.5, 0.6) is 0 Å². The van der Waals surface area contributed by atoms with E-state index in [2.05, 4.69) is 147 Å². The van der Waals surface area contributed by atoms with Crippen molar-refractivity contribution in [2.45, 2.75) is 138 Å². The molecular weight excluding hydrogens is 739 g/mol. The highest BCUT2D eigenvalue weighted by Crippen LogP contribution is 2.80. The smallest absolute Gasteiger partial charge is 0.0149 e. The normalized spacial score (nSPS) is 31.7. The van der Waals surface area contributed by atoms with Crippen LogP contribution in [-0.2, 0) is 23.2 Å². The number of aromatic amines is 2. The molecule has 302 valence electrons. The van der Waals surface area contributed by atoms with Crippen LogP contribution < -0.4 is 10.6 Å². The predicted molar refractivity (Wildman–Crippen MR) is 247 cm³/mol. The summed E-state index contributed by atoms with van der Waals surface area (Å²) in [6.45, 7) is 10.1. The second-order valence-corrected chi connectivity index (χ2v) is 27.0. The van der Waals surface area contributed by atoms with Gasteiger partial charge in [-0.2, -0.15) is 0 Å². The molecule has 4 heteroatoms. The van der Waals surface area contributed by atoms with E-state index in [1.54, 1.807) is 93.7 Å². The Balaban J connectivity index is 1.13. The molecular formula is C54H66N2P2. The molecule has 0 amide bonds. The van der Waals surface area contributed by atoms with Crippen LogP contribution in [0.4, 0.5) is 0 Å². The Hall–Kier alpha value is -2.92. The number of rotatable bonds is 12. The van der Waals surface area contributed by atoms with Crippen molar-refractivity contribution in [3.63, 3.8) is 0 Å². The fourth-order valence-electron chi connectivity index (χ4n) is 15.3. The number of aromatic nitrogens is 2. The Kier molecular flexibility index (Phi) is 9.40. The Morgan fingerprint density at radius 2 is 0.862 bits per heavy atom. The van der Waals surface area contributed by atoms with Gasteiger partial charge in [0, 0.05) is 41.8 Å². The van der Waals surface area contributed by atoms with Gasteiger partial charge in [-0.3, -0.25) is 0 Å². The summed E-state index contributed by atoms with van der Waals surface area (Å²) in [7, 11) is -0.793. The van der Waals surface area contributed by atoms with Crippen LogP contribution in [0.25, 0.3) is 0 Å². The zero-order chi connectivity index (χ0) is 39.3. The summed E-state index contributed by atoms with van der Waals surface area (Å²) < 4.78 is 0. The summed E-state index contributed by atoms with van der Waals surface area (Å²) in [5.74, 6) is 6.01. The van der Waals surface area contributed by atoms with Gasteiger partial charge in [-0.15, -0.1) is 0 Å². The number of hydrogen-bond donors (Lipinski definition) is 2. The molecule has 13 rings (SSSR count). The minimum Gasteiger partial charge on any atom is -0.367 e. The van der Waals surface area contributed by atoms with Crippen molar-refractivity contribution < 1.29 is 0 Å². The van der Waals surface area contributed by atoms with Gasteiger partial charge in [0.15, 0.2) is 0 Å². The van der Waals surface area contributed by atoms with E-state index in [1.165, 1.54) is 33.5 Å². The fourth-order valence-corrected chi connectivity index (χ4v) is 22.8. The van der Waals surface area contributed by atoms with E-state index in [1.807, 2.05) is 0 Å². The van der Waals surface area contributed by atoms with Crippen LogP contribution in [0.2, 0.25) is 0 Å². The highest BCUT2D eigenvalue weighted by molar-refractivity contribution is 7.72. The number of benzene rings is 3. The molecule has 8 aliphatic rings. The number of hydrogen-bond acceptors (Lipinski definition) is 0. The van der Waals surface area contributed by atoms with Crippen molar-refractivity contribution in [3.05, 3.63) is 143 Å². The van der Waals surface area contributed by atoms with Gasteiger partial charge in [-0.05, 0) is 193 Å². The molecule has 0 spiro atoms. The zero-order valence-corrected chi connectivity index (χ0v) is 37.4. The maximum Gasteiger partial charge on any atom is 0.0149 e. The summed E-state index contributed by atoms with van der Waals surface area (Å²) in [5.41, 5.74) is 8.94. The van der Waals surface area contributed by atoms with Crippen molar-refractivity contribution in [1.29, 1.82) is 0 Å². The molecule has 0 unspecified atom stereocenters. The average molecular weight is 805 g/mol. The van der Waals surface area contributed by atoms with E-state index in [9.17, 15) is 0 Å². The first-order valence-corrected chi connectivity index (χ1v) is 26.2. The zero-order valence-electron chi connectivity index (χ0n) is 35.7. The lowest BCUT2D eigenvalue weighted by molar-refractivity contribution is 0.0184. The molecule has 3 aromatic carbocycles. The molecule has 0 saturated heterocycles. The van der Waals surface area contributed by atoms with Gasteiger partial charge in [0.05, 0.1) is 0 Å². The summed E-state index contributed by atoms with van der Waals surface area (Å²) in [6.07, 6.45) is 29.9. The average Bonchev–Trinajstić information content (AvgIpc) is 3.95. The molecule has 2 aromatic heterocycles. The van der Waals surface area contributed by atoms with E-state index in [-0.39, 0.29) is 18.8 Å².